The van der Waals surface area contributed by atoms with Gasteiger partial charge in [-0.15, -0.1) is 0 Å². The van der Waals surface area contributed by atoms with Crippen LogP contribution in [0.2, 0.25) is 0 Å². The van der Waals surface area contributed by atoms with Crippen LogP contribution in [0.3, 0.4) is 0 Å². The number of rotatable bonds is 7. The summed E-state index contributed by atoms with van der Waals surface area (Å²) in [6, 6.07) is 16.9. The highest BCUT2D eigenvalue weighted by Crippen LogP contribution is 2.12. The first-order valence-corrected chi connectivity index (χ1v) is 10.1. The Morgan fingerprint density at radius 3 is 2.72 bits per heavy atom. The van der Waals surface area contributed by atoms with Crippen LogP contribution in [0.5, 0.6) is 0 Å². The second-order valence-electron chi connectivity index (χ2n) is 7.47. The lowest BCUT2D eigenvalue weighted by Crippen LogP contribution is -2.37. The summed E-state index contributed by atoms with van der Waals surface area (Å²) >= 11 is 0. The molecule has 1 N–H and O–H groups in total. The molecule has 1 aliphatic rings. The number of nitrogens with zero attached hydrogens (tertiary/aromatic N) is 3. The maximum atomic E-state index is 13.1. The van der Waals surface area contributed by atoms with Crippen molar-refractivity contribution in [3.63, 3.8) is 0 Å². The summed E-state index contributed by atoms with van der Waals surface area (Å²) in [6.45, 7) is 5.28. The van der Waals surface area contributed by atoms with E-state index < -0.39 is 0 Å². The van der Waals surface area contributed by atoms with Crippen LogP contribution in [-0.2, 0) is 17.8 Å². The molecule has 4 rings (SSSR count). The third-order valence-corrected chi connectivity index (χ3v) is 5.11. The monoisotopic (exact) mass is 394 g/mol. The van der Waals surface area contributed by atoms with Crippen molar-refractivity contribution in [2.45, 2.75) is 25.6 Å². The predicted octanol–water partition coefficient (Wildman–Crippen LogP) is 3.39. The Balaban J connectivity index is 1.27. The standard InChI is InChI=1S/C23H27FN4O/c24-21-7-9-22(10-8-21)28-17-20(14-26-28)13-25-15-23-18-27(11-4-12-29-23)16-19-5-2-1-3-6-19/h1-3,5-10,14,17,23,25H,4,11-13,15-16,18H2. The molecule has 1 unspecified atom stereocenters. The molecular weight excluding hydrogens is 367 g/mol. The number of halogens is 1. The van der Waals surface area contributed by atoms with E-state index in [0.29, 0.717) is 0 Å². The van der Waals surface area contributed by atoms with Crippen LogP contribution in [-0.4, -0.2) is 47.0 Å². The van der Waals surface area contributed by atoms with E-state index in [1.165, 1.54) is 17.7 Å². The Morgan fingerprint density at radius 2 is 1.90 bits per heavy atom. The molecule has 1 fully saturated rings. The number of aromatic nitrogens is 2. The van der Waals surface area contributed by atoms with Gasteiger partial charge in [0.1, 0.15) is 5.82 Å². The van der Waals surface area contributed by atoms with Gasteiger partial charge in [0, 0.05) is 51.1 Å². The predicted molar refractivity (Wildman–Crippen MR) is 111 cm³/mol. The molecule has 0 amide bonds. The van der Waals surface area contributed by atoms with Crippen molar-refractivity contribution >= 4 is 0 Å². The molecule has 1 aliphatic heterocycles. The fourth-order valence-corrected chi connectivity index (χ4v) is 3.64. The largest absolute Gasteiger partial charge is 0.376 e. The smallest absolute Gasteiger partial charge is 0.123 e. The molecule has 0 saturated carbocycles. The van der Waals surface area contributed by atoms with Gasteiger partial charge in [-0.2, -0.15) is 5.10 Å². The van der Waals surface area contributed by atoms with Gasteiger partial charge in [-0.05, 0) is 36.2 Å². The normalized spacial score (nSPS) is 17.9. The molecule has 2 heterocycles. The molecule has 0 radical (unpaired) electrons. The van der Waals surface area contributed by atoms with Crippen molar-refractivity contribution < 1.29 is 9.13 Å². The third-order valence-electron chi connectivity index (χ3n) is 5.11. The SMILES string of the molecule is Fc1ccc(-n2cc(CNCC3CN(Cc4ccccc4)CCCO3)cn2)cc1. The molecule has 1 saturated heterocycles. The highest BCUT2D eigenvalue weighted by atomic mass is 19.1. The first-order valence-electron chi connectivity index (χ1n) is 10.1. The van der Waals surface area contributed by atoms with Crippen molar-refractivity contribution in [2.75, 3.05) is 26.2 Å². The molecule has 29 heavy (non-hydrogen) atoms. The van der Waals surface area contributed by atoms with Crippen molar-refractivity contribution in [1.82, 2.24) is 20.0 Å². The Labute approximate surface area is 171 Å². The van der Waals surface area contributed by atoms with Crippen LogP contribution in [0.15, 0.2) is 67.0 Å². The summed E-state index contributed by atoms with van der Waals surface area (Å²) in [5.74, 6) is -0.243. The second-order valence-corrected chi connectivity index (χ2v) is 7.47. The van der Waals surface area contributed by atoms with Gasteiger partial charge < -0.3 is 10.1 Å². The van der Waals surface area contributed by atoms with E-state index in [1.807, 2.05) is 12.4 Å². The van der Waals surface area contributed by atoms with E-state index in [2.05, 4.69) is 45.6 Å². The summed E-state index contributed by atoms with van der Waals surface area (Å²) in [5.41, 5.74) is 3.28. The Morgan fingerprint density at radius 1 is 1.07 bits per heavy atom. The number of nitrogens with one attached hydrogen (secondary N) is 1. The van der Waals surface area contributed by atoms with Gasteiger partial charge >= 0.3 is 0 Å². The van der Waals surface area contributed by atoms with Gasteiger partial charge in [0.15, 0.2) is 0 Å². The Bertz CT molecular complexity index is 881. The fraction of sp³-hybridized carbons (Fsp3) is 0.348. The fourth-order valence-electron chi connectivity index (χ4n) is 3.64. The molecule has 3 aromatic rings. The lowest BCUT2D eigenvalue weighted by atomic mass is 10.2. The number of hydrogen-bond donors (Lipinski definition) is 1. The molecule has 0 aliphatic carbocycles. The zero-order valence-electron chi connectivity index (χ0n) is 16.5. The minimum atomic E-state index is -0.243. The van der Waals surface area contributed by atoms with Crippen molar-refractivity contribution in [3.8, 4) is 5.69 Å². The van der Waals surface area contributed by atoms with Crippen LogP contribution in [0.1, 0.15) is 17.5 Å². The van der Waals surface area contributed by atoms with E-state index in [1.54, 1.807) is 16.8 Å². The minimum absolute atomic E-state index is 0.174. The molecule has 2 aromatic carbocycles. The average molecular weight is 394 g/mol. The van der Waals surface area contributed by atoms with Crippen LogP contribution in [0, 0.1) is 5.82 Å². The van der Waals surface area contributed by atoms with Crippen LogP contribution >= 0.6 is 0 Å². The Kier molecular flexibility index (Phi) is 6.67. The second kappa shape index (κ2) is 9.78. The van der Waals surface area contributed by atoms with Crippen LogP contribution < -0.4 is 5.32 Å². The third kappa shape index (κ3) is 5.73. The van der Waals surface area contributed by atoms with Gasteiger partial charge in [0.2, 0.25) is 0 Å². The van der Waals surface area contributed by atoms with Crippen molar-refractivity contribution in [2.24, 2.45) is 0 Å². The summed E-state index contributed by atoms with van der Waals surface area (Å²) in [5, 5.41) is 7.86. The van der Waals surface area contributed by atoms with Crippen molar-refractivity contribution in [1.29, 1.82) is 0 Å². The van der Waals surface area contributed by atoms with E-state index >= 15 is 0 Å². The van der Waals surface area contributed by atoms with Gasteiger partial charge in [0.25, 0.3) is 0 Å². The maximum Gasteiger partial charge on any atom is 0.123 e. The van der Waals surface area contributed by atoms with E-state index in [-0.39, 0.29) is 11.9 Å². The van der Waals surface area contributed by atoms with Gasteiger partial charge in [0.05, 0.1) is 18.0 Å². The quantitative estimate of drug-likeness (QED) is 0.667. The lowest BCUT2D eigenvalue weighted by molar-refractivity contribution is 0.0533. The number of ether oxygens (including phenoxy) is 1. The molecular formula is C23H27FN4O. The highest BCUT2D eigenvalue weighted by Gasteiger charge is 2.18. The zero-order chi connectivity index (χ0) is 19.9. The van der Waals surface area contributed by atoms with Gasteiger partial charge in [-0.3, -0.25) is 4.90 Å². The summed E-state index contributed by atoms with van der Waals surface area (Å²) in [7, 11) is 0. The Hall–Kier alpha value is -2.54. The molecule has 5 nitrogen and oxygen atoms in total. The molecule has 1 atom stereocenters. The average Bonchev–Trinajstić information content (AvgIpc) is 3.10. The summed E-state index contributed by atoms with van der Waals surface area (Å²) < 4.78 is 20.9. The number of benzene rings is 2. The number of hydrogen-bond acceptors (Lipinski definition) is 4. The van der Waals surface area contributed by atoms with Crippen LogP contribution in [0.25, 0.3) is 5.69 Å². The van der Waals surface area contributed by atoms with Gasteiger partial charge in [-0.1, -0.05) is 30.3 Å². The molecule has 152 valence electrons. The van der Waals surface area contributed by atoms with E-state index in [9.17, 15) is 4.39 Å². The summed E-state index contributed by atoms with van der Waals surface area (Å²) in [6.07, 6.45) is 5.05. The molecule has 1 aromatic heterocycles. The maximum absolute atomic E-state index is 13.1. The topological polar surface area (TPSA) is 42.3 Å². The molecule has 0 bridgehead atoms. The molecule has 0 spiro atoms. The van der Waals surface area contributed by atoms with Crippen LogP contribution in [0.4, 0.5) is 4.39 Å². The molecule has 6 heteroatoms. The van der Waals surface area contributed by atoms with Gasteiger partial charge in [-0.25, -0.2) is 9.07 Å². The minimum Gasteiger partial charge on any atom is -0.376 e. The van der Waals surface area contributed by atoms with Crippen molar-refractivity contribution in [3.05, 3.63) is 83.9 Å². The first-order chi connectivity index (χ1) is 14.3. The zero-order valence-corrected chi connectivity index (χ0v) is 16.5. The highest BCUT2D eigenvalue weighted by molar-refractivity contribution is 5.31. The lowest BCUT2D eigenvalue weighted by Gasteiger charge is -2.24. The first kappa shape index (κ1) is 19.8. The van der Waals surface area contributed by atoms with E-state index in [0.717, 1.165) is 57.0 Å². The summed E-state index contributed by atoms with van der Waals surface area (Å²) in [4.78, 5) is 2.47. The van der Waals surface area contributed by atoms with E-state index in [4.69, 9.17) is 4.74 Å².